The molecule has 0 radical (unpaired) electrons. The summed E-state index contributed by atoms with van der Waals surface area (Å²) < 4.78 is 0. The van der Waals surface area contributed by atoms with Crippen LogP contribution in [0.2, 0.25) is 0 Å². The molecule has 0 aromatic heterocycles. The number of benzene rings is 1. The van der Waals surface area contributed by atoms with Gasteiger partial charge in [-0.05, 0) is 30.0 Å². The molecule has 1 rings (SSSR count). The molecule has 0 heterocycles. The summed E-state index contributed by atoms with van der Waals surface area (Å²) in [5.74, 6) is -2.88. The molecule has 1 aromatic carbocycles. The van der Waals surface area contributed by atoms with Crippen LogP contribution in [0.1, 0.15) is 52.5 Å². The van der Waals surface area contributed by atoms with Crippen molar-refractivity contribution in [3.63, 3.8) is 0 Å². The van der Waals surface area contributed by atoms with E-state index < -0.39 is 29.3 Å². The van der Waals surface area contributed by atoms with Crippen LogP contribution in [0.15, 0.2) is 24.3 Å². The van der Waals surface area contributed by atoms with Crippen molar-refractivity contribution >= 4 is 23.5 Å². The minimum absolute atomic E-state index is 0.00666. The highest BCUT2D eigenvalue weighted by Crippen LogP contribution is 2.21. The van der Waals surface area contributed by atoms with E-state index >= 15 is 0 Å². The van der Waals surface area contributed by atoms with Crippen LogP contribution in [-0.4, -0.2) is 40.6 Å². The molecule has 0 saturated carbocycles. The summed E-state index contributed by atoms with van der Waals surface area (Å²) in [7, 11) is 0. The first-order valence-corrected chi connectivity index (χ1v) is 9.02. The van der Waals surface area contributed by atoms with Crippen molar-refractivity contribution in [1.82, 2.24) is 5.32 Å². The Morgan fingerprint density at radius 3 is 1.96 bits per heavy atom. The van der Waals surface area contributed by atoms with E-state index in [0.717, 1.165) is 0 Å². The van der Waals surface area contributed by atoms with Gasteiger partial charge in [0.1, 0.15) is 6.04 Å². The van der Waals surface area contributed by atoms with Crippen LogP contribution in [0.3, 0.4) is 0 Å². The molecule has 0 bridgehead atoms. The molecule has 0 saturated heterocycles. The van der Waals surface area contributed by atoms with Crippen LogP contribution >= 0.6 is 0 Å². The van der Waals surface area contributed by atoms with Gasteiger partial charge in [0.05, 0.1) is 5.92 Å². The zero-order chi connectivity index (χ0) is 20.8. The smallest absolute Gasteiger partial charge is 0.320 e. The molecule has 0 spiro atoms. The Bertz CT molecular complexity index is 662. The van der Waals surface area contributed by atoms with Gasteiger partial charge in [0.25, 0.3) is 0 Å². The summed E-state index contributed by atoms with van der Waals surface area (Å²) in [6, 6.07) is 5.78. The topological polar surface area (TPSA) is 116 Å². The molecule has 150 valence electrons. The van der Waals surface area contributed by atoms with E-state index in [9.17, 15) is 24.6 Å². The number of carboxylic acid groups (broad SMARTS) is 2. The summed E-state index contributed by atoms with van der Waals surface area (Å²) in [6.07, 6.45) is 0.416. The Morgan fingerprint density at radius 2 is 1.56 bits per heavy atom. The fourth-order valence-electron chi connectivity index (χ4n) is 2.47. The van der Waals surface area contributed by atoms with Gasteiger partial charge in [0.2, 0.25) is 5.91 Å². The summed E-state index contributed by atoms with van der Waals surface area (Å²) in [5.41, 5.74) is 0.588. The first-order chi connectivity index (χ1) is 12.4. The lowest BCUT2D eigenvalue weighted by Gasteiger charge is -2.20. The predicted octanol–water partition coefficient (Wildman–Crippen LogP) is 2.93. The van der Waals surface area contributed by atoms with Gasteiger partial charge in [-0.15, -0.1) is 0 Å². The van der Waals surface area contributed by atoms with Crippen molar-refractivity contribution in [2.75, 3.05) is 11.9 Å². The van der Waals surface area contributed by atoms with E-state index in [2.05, 4.69) is 10.6 Å². The quantitative estimate of drug-likeness (QED) is 0.525. The number of carbonyl (C=O) groups excluding carboxylic acids is 1. The first-order valence-electron chi connectivity index (χ1n) is 9.02. The number of hydrogen-bond acceptors (Lipinski definition) is 4. The number of carboxylic acids is 2. The number of aliphatic carboxylic acids is 2. The van der Waals surface area contributed by atoms with E-state index in [4.69, 9.17) is 0 Å². The molecule has 7 nitrogen and oxygen atoms in total. The fraction of sp³-hybridized carbons (Fsp3) is 0.550. The van der Waals surface area contributed by atoms with Crippen molar-refractivity contribution in [3.05, 3.63) is 29.8 Å². The monoisotopic (exact) mass is 378 g/mol. The number of nitrogens with one attached hydrogen (secondary N) is 2. The highest BCUT2D eigenvalue weighted by molar-refractivity contribution is 5.94. The van der Waals surface area contributed by atoms with Crippen molar-refractivity contribution in [2.24, 2.45) is 11.3 Å². The van der Waals surface area contributed by atoms with Gasteiger partial charge >= 0.3 is 11.9 Å². The first kappa shape index (κ1) is 22.6. The number of hydrogen-bond donors (Lipinski definition) is 4. The predicted molar refractivity (Wildman–Crippen MR) is 104 cm³/mol. The van der Waals surface area contributed by atoms with Crippen LogP contribution in [0.5, 0.6) is 0 Å². The van der Waals surface area contributed by atoms with Crippen LogP contribution in [0, 0.1) is 11.3 Å². The number of amides is 1. The van der Waals surface area contributed by atoms with Crippen molar-refractivity contribution in [3.8, 4) is 0 Å². The lowest BCUT2D eigenvalue weighted by molar-refractivity contribution is -0.142. The molecule has 27 heavy (non-hydrogen) atoms. The lowest BCUT2D eigenvalue weighted by atomic mass is 9.95. The van der Waals surface area contributed by atoms with Crippen LogP contribution < -0.4 is 10.6 Å². The second kappa shape index (κ2) is 9.50. The Kier molecular flexibility index (Phi) is 7.97. The Morgan fingerprint density at radius 1 is 1.00 bits per heavy atom. The van der Waals surface area contributed by atoms with Crippen molar-refractivity contribution < 1.29 is 24.6 Å². The zero-order valence-corrected chi connectivity index (χ0v) is 16.6. The van der Waals surface area contributed by atoms with E-state index in [-0.39, 0.29) is 18.4 Å². The number of rotatable bonds is 9. The molecule has 2 unspecified atom stereocenters. The van der Waals surface area contributed by atoms with Crippen molar-refractivity contribution in [2.45, 2.75) is 53.0 Å². The maximum Gasteiger partial charge on any atom is 0.320 e. The number of carbonyl (C=O) groups is 3. The maximum atomic E-state index is 12.0. The highest BCUT2D eigenvalue weighted by Gasteiger charge is 2.25. The van der Waals surface area contributed by atoms with Gasteiger partial charge < -0.3 is 20.8 Å². The van der Waals surface area contributed by atoms with Gasteiger partial charge in [-0.3, -0.25) is 14.4 Å². The average Bonchev–Trinajstić information content (AvgIpc) is 2.53. The minimum Gasteiger partial charge on any atom is -0.481 e. The molecule has 0 aliphatic rings. The van der Waals surface area contributed by atoms with E-state index in [1.54, 1.807) is 45.0 Å². The second-order valence-electron chi connectivity index (χ2n) is 8.15. The third kappa shape index (κ3) is 7.38. The van der Waals surface area contributed by atoms with E-state index in [0.29, 0.717) is 17.7 Å². The van der Waals surface area contributed by atoms with Gasteiger partial charge in [-0.25, -0.2) is 0 Å². The highest BCUT2D eigenvalue weighted by atomic mass is 16.4. The largest absolute Gasteiger partial charge is 0.481 e. The molecule has 0 aliphatic heterocycles. The molecular weight excluding hydrogens is 348 g/mol. The standard InChI is InChI=1S/C20H30N2O5/c1-12(2)10-16(18(25)26)21-11-15(17(23)24)13-6-8-14(9-7-13)22-19(27)20(3,4)5/h6-9,12,15-16,21H,10-11H2,1-5H3,(H,22,27)(H,23,24)(H,25,26). The molecule has 1 amide bonds. The van der Waals surface area contributed by atoms with Gasteiger partial charge in [0, 0.05) is 17.6 Å². The Hall–Kier alpha value is -2.41. The fourth-order valence-corrected chi connectivity index (χ4v) is 2.47. The number of anilines is 1. The van der Waals surface area contributed by atoms with Gasteiger partial charge in [-0.1, -0.05) is 46.8 Å². The average molecular weight is 378 g/mol. The van der Waals surface area contributed by atoms with E-state index in [1.165, 1.54) is 0 Å². The van der Waals surface area contributed by atoms with Crippen LogP contribution in [0.25, 0.3) is 0 Å². The zero-order valence-electron chi connectivity index (χ0n) is 16.6. The van der Waals surface area contributed by atoms with E-state index in [1.807, 2.05) is 13.8 Å². The summed E-state index contributed by atoms with van der Waals surface area (Å²) in [6.45, 7) is 9.25. The molecular formula is C20H30N2O5. The molecule has 4 N–H and O–H groups in total. The van der Waals surface area contributed by atoms with Gasteiger partial charge in [0.15, 0.2) is 0 Å². The minimum atomic E-state index is -1.04. The van der Waals surface area contributed by atoms with Crippen molar-refractivity contribution in [1.29, 1.82) is 0 Å². The third-order valence-corrected chi connectivity index (χ3v) is 4.12. The van der Waals surface area contributed by atoms with Crippen LogP contribution in [-0.2, 0) is 14.4 Å². The normalized spacial score (nSPS) is 13.9. The molecule has 0 fully saturated rings. The van der Waals surface area contributed by atoms with Crippen LogP contribution in [0.4, 0.5) is 5.69 Å². The second-order valence-corrected chi connectivity index (χ2v) is 8.15. The maximum absolute atomic E-state index is 12.0. The van der Waals surface area contributed by atoms with Gasteiger partial charge in [-0.2, -0.15) is 0 Å². The summed E-state index contributed by atoms with van der Waals surface area (Å²) >= 11 is 0. The summed E-state index contributed by atoms with van der Waals surface area (Å²) in [5, 5.41) is 24.4. The molecule has 7 heteroatoms. The lowest BCUT2D eigenvalue weighted by Crippen LogP contribution is -2.41. The Balaban J connectivity index is 2.84. The third-order valence-electron chi connectivity index (χ3n) is 4.12. The molecule has 1 aromatic rings. The molecule has 0 aliphatic carbocycles. The Labute approximate surface area is 160 Å². The molecule has 2 atom stereocenters. The SMILES string of the molecule is CC(C)CC(NCC(C(=O)O)c1ccc(NC(=O)C(C)(C)C)cc1)C(=O)O. The summed E-state index contributed by atoms with van der Waals surface area (Å²) in [4.78, 5) is 35.0.